The molecule has 2 aromatic rings. The fourth-order valence-corrected chi connectivity index (χ4v) is 3.16. The molecular formula is C12H11ClFN3O2S. The van der Waals surface area contributed by atoms with E-state index in [1.807, 2.05) is 0 Å². The van der Waals surface area contributed by atoms with Crippen LogP contribution in [0, 0.1) is 12.7 Å². The molecule has 0 radical (unpaired) electrons. The van der Waals surface area contributed by atoms with Gasteiger partial charge in [0.15, 0.2) is 0 Å². The maximum absolute atomic E-state index is 13.2. The number of aryl methyl sites for hydroxylation is 1. The summed E-state index contributed by atoms with van der Waals surface area (Å²) in [6.45, 7) is 1.77. The van der Waals surface area contributed by atoms with Crippen molar-refractivity contribution in [2.45, 2.75) is 11.8 Å². The first-order valence-corrected chi connectivity index (χ1v) is 7.35. The number of sulfonamides is 1. The molecule has 1 heterocycles. The zero-order chi connectivity index (χ0) is 14.9. The van der Waals surface area contributed by atoms with Crippen molar-refractivity contribution >= 4 is 33.0 Å². The third-order valence-corrected chi connectivity index (χ3v) is 4.31. The molecule has 0 bridgehead atoms. The molecule has 0 spiro atoms. The van der Waals surface area contributed by atoms with Gasteiger partial charge in [-0.1, -0.05) is 11.6 Å². The van der Waals surface area contributed by atoms with Crippen molar-refractivity contribution in [1.29, 1.82) is 0 Å². The summed E-state index contributed by atoms with van der Waals surface area (Å²) in [6.07, 6.45) is 2.94. The SMILES string of the molecule is Cc1cncc(NS(=O)(=O)c2cc(N)c(F)cc2Cl)c1. The number of nitrogen functional groups attached to an aromatic ring is 1. The van der Waals surface area contributed by atoms with Crippen molar-refractivity contribution < 1.29 is 12.8 Å². The second kappa shape index (κ2) is 5.26. The van der Waals surface area contributed by atoms with E-state index >= 15 is 0 Å². The van der Waals surface area contributed by atoms with Gasteiger partial charge >= 0.3 is 0 Å². The average Bonchev–Trinajstić information content (AvgIpc) is 2.33. The summed E-state index contributed by atoms with van der Waals surface area (Å²) in [7, 11) is -3.97. The van der Waals surface area contributed by atoms with Gasteiger partial charge in [-0.3, -0.25) is 9.71 Å². The van der Waals surface area contributed by atoms with Crippen molar-refractivity contribution in [3.05, 3.63) is 47.0 Å². The molecule has 106 valence electrons. The molecule has 0 amide bonds. The van der Waals surface area contributed by atoms with E-state index in [1.165, 1.54) is 6.20 Å². The van der Waals surface area contributed by atoms with Crippen LogP contribution in [0.5, 0.6) is 0 Å². The van der Waals surface area contributed by atoms with Gasteiger partial charge in [0.1, 0.15) is 10.7 Å². The van der Waals surface area contributed by atoms with Crippen LogP contribution in [0.25, 0.3) is 0 Å². The minimum Gasteiger partial charge on any atom is -0.396 e. The van der Waals surface area contributed by atoms with Gasteiger partial charge in [0.05, 0.1) is 22.6 Å². The number of rotatable bonds is 3. The van der Waals surface area contributed by atoms with E-state index in [1.54, 1.807) is 19.2 Å². The standard InChI is InChI=1S/C12H11ClFN3O2S/c1-7-2-8(6-16-5-7)17-20(18,19)12-4-11(15)10(14)3-9(12)13/h2-6,17H,15H2,1H3. The minimum atomic E-state index is -3.97. The van der Waals surface area contributed by atoms with Crippen molar-refractivity contribution in [2.24, 2.45) is 0 Å². The zero-order valence-electron chi connectivity index (χ0n) is 10.4. The molecule has 0 aliphatic carbocycles. The summed E-state index contributed by atoms with van der Waals surface area (Å²) in [5, 5.41) is -0.246. The summed E-state index contributed by atoms with van der Waals surface area (Å²) in [5.74, 6) is -0.772. The highest BCUT2D eigenvalue weighted by Gasteiger charge is 2.20. The van der Waals surface area contributed by atoms with E-state index < -0.39 is 15.8 Å². The first-order valence-electron chi connectivity index (χ1n) is 5.48. The second-order valence-electron chi connectivity index (χ2n) is 4.16. The Kier molecular flexibility index (Phi) is 3.82. The van der Waals surface area contributed by atoms with Crippen LogP contribution in [0.2, 0.25) is 5.02 Å². The molecule has 1 aromatic heterocycles. The maximum Gasteiger partial charge on any atom is 0.263 e. The number of hydrogen-bond donors (Lipinski definition) is 2. The normalized spacial score (nSPS) is 11.3. The highest BCUT2D eigenvalue weighted by Crippen LogP contribution is 2.27. The number of halogens is 2. The predicted octanol–water partition coefficient (Wildman–Crippen LogP) is 2.57. The van der Waals surface area contributed by atoms with Crippen LogP contribution in [0.3, 0.4) is 0 Å². The van der Waals surface area contributed by atoms with E-state index in [2.05, 4.69) is 9.71 Å². The summed E-state index contributed by atoms with van der Waals surface area (Å²) >= 11 is 5.75. The van der Waals surface area contributed by atoms with Gasteiger partial charge < -0.3 is 5.73 Å². The molecule has 0 saturated carbocycles. The maximum atomic E-state index is 13.2. The van der Waals surface area contributed by atoms with E-state index in [4.69, 9.17) is 17.3 Å². The number of hydrogen-bond acceptors (Lipinski definition) is 4. The predicted molar refractivity (Wildman–Crippen MR) is 75.6 cm³/mol. The molecule has 3 N–H and O–H groups in total. The molecule has 0 aliphatic heterocycles. The Morgan fingerprint density at radius 2 is 2.00 bits per heavy atom. The summed E-state index contributed by atoms with van der Waals surface area (Å²) in [6, 6.07) is 3.44. The fourth-order valence-electron chi connectivity index (χ4n) is 1.57. The molecule has 0 aliphatic rings. The molecule has 8 heteroatoms. The molecule has 0 fully saturated rings. The largest absolute Gasteiger partial charge is 0.396 e. The lowest BCUT2D eigenvalue weighted by Gasteiger charge is -2.10. The summed E-state index contributed by atoms with van der Waals surface area (Å²) in [5.41, 5.74) is 6.14. The van der Waals surface area contributed by atoms with Crippen LogP contribution < -0.4 is 10.5 Å². The van der Waals surface area contributed by atoms with Crippen molar-refractivity contribution in [2.75, 3.05) is 10.5 Å². The molecule has 0 atom stereocenters. The minimum absolute atomic E-state index is 0.246. The topological polar surface area (TPSA) is 85.1 Å². The molecule has 0 unspecified atom stereocenters. The first kappa shape index (κ1) is 14.5. The van der Waals surface area contributed by atoms with Crippen molar-refractivity contribution in [3.8, 4) is 0 Å². The molecule has 20 heavy (non-hydrogen) atoms. The number of pyridine rings is 1. The quantitative estimate of drug-likeness (QED) is 0.852. The fraction of sp³-hybridized carbons (Fsp3) is 0.0833. The molecular weight excluding hydrogens is 305 g/mol. The molecule has 2 rings (SSSR count). The van der Waals surface area contributed by atoms with E-state index in [-0.39, 0.29) is 21.3 Å². The Bertz CT molecular complexity index is 765. The van der Waals surface area contributed by atoms with Crippen LogP contribution in [0.15, 0.2) is 35.5 Å². The Morgan fingerprint density at radius 1 is 1.30 bits per heavy atom. The third kappa shape index (κ3) is 3.00. The monoisotopic (exact) mass is 315 g/mol. The molecule has 0 saturated heterocycles. The Morgan fingerprint density at radius 3 is 2.65 bits per heavy atom. The van der Waals surface area contributed by atoms with Crippen LogP contribution in [-0.2, 0) is 10.0 Å². The zero-order valence-corrected chi connectivity index (χ0v) is 12.0. The lowest BCUT2D eigenvalue weighted by atomic mass is 10.3. The number of anilines is 2. The van der Waals surface area contributed by atoms with Gasteiger partial charge in [-0.2, -0.15) is 0 Å². The van der Waals surface area contributed by atoms with Gasteiger partial charge in [0, 0.05) is 6.20 Å². The first-order chi connectivity index (χ1) is 9.29. The third-order valence-electron chi connectivity index (χ3n) is 2.47. The van der Waals surface area contributed by atoms with Gasteiger partial charge in [0.2, 0.25) is 0 Å². The average molecular weight is 316 g/mol. The van der Waals surface area contributed by atoms with E-state index in [0.717, 1.165) is 17.7 Å². The van der Waals surface area contributed by atoms with Crippen LogP contribution in [0.4, 0.5) is 15.8 Å². The van der Waals surface area contributed by atoms with Crippen LogP contribution in [-0.4, -0.2) is 13.4 Å². The number of aromatic nitrogens is 1. The van der Waals surface area contributed by atoms with Gasteiger partial charge in [-0.15, -0.1) is 0 Å². The smallest absolute Gasteiger partial charge is 0.263 e. The van der Waals surface area contributed by atoms with Gasteiger partial charge in [0.25, 0.3) is 10.0 Å². The van der Waals surface area contributed by atoms with Gasteiger partial charge in [-0.25, -0.2) is 12.8 Å². The van der Waals surface area contributed by atoms with Crippen LogP contribution in [0.1, 0.15) is 5.56 Å². The number of nitrogens with one attached hydrogen (secondary N) is 1. The molecule has 5 nitrogen and oxygen atoms in total. The summed E-state index contributed by atoms with van der Waals surface area (Å²) in [4.78, 5) is 3.58. The van der Waals surface area contributed by atoms with Crippen molar-refractivity contribution in [3.63, 3.8) is 0 Å². The molecule has 1 aromatic carbocycles. The van der Waals surface area contributed by atoms with E-state index in [0.29, 0.717) is 0 Å². The Labute approximate surface area is 120 Å². The van der Waals surface area contributed by atoms with E-state index in [9.17, 15) is 12.8 Å². The number of benzene rings is 1. The van der Waals surface area contributed by atoms with Crippen molar-refractivity contribution in [1.82, 2.24) is 4.98 Å². The number of nitrogens with zero attached hydrogens (tertiary/aromatic N) is 1. The van der Waals surface area contributed by atoms with Gasteiger partial charge in [-0.05, 0) is 30.7 Å². The lowest BCUT2D eigenvalue weighted by molar-refractivity contribution is 0.600. The highest BCUT2D eigenvalue weighted by molar-refractivity contribution is 7.92. The lowest BCUT2D eigenvalue weighted by Crippen LogP contribution is -2.14. The summed E-state index contributed by atoms with van der Waals surface area (Å²) < 4.78 is 39.9. The Hall–Kier alpha value is -1.86. The second-order valence-corrected chi connectivity index (χ2v) is 6.22. The highest BCUT2D eigenvalue weighted by atomic mass is 35.5. The Balaban J connectivity index is 2.43. The van der Waals surface area contributed by atoms with Crippen LogP contribution >= 0.6 is 11.6 Å². The number of nitrogens with two attached hydrogens (primary N) is 1.